The van der Waals surface area contributed by atoms with Gasteiger partial charge in [-0.25, -0.2) is 17.2 Å². The standard InChI is InChI=1S/C17H15F2NO3S2/c18-15-4-1-5-16(19)17(15)25(21,22)20(11-13-7-9-23-12-13)8-6-14-3-2-10-24-14/h1-5,7,9-10,12H,6,8,11H2. The second-order valence-corrected chi connectivity index (χ2v) is 8.26. The molecule has 0 fully saturated rings. The molecule has 0 aliphatic heterocycles. The minimum absolute atomic E-state index is 0.0298. The Kier molecular flexibility index (Phi) is 5.31. The summed E-state index contributed by atoms with van der Waals surface area (Å²) in [5.41, 5.74) is 0.603. The highest BCUT2D eigenvalue weighted by atomic mass is 32.2. The third-order valence-electron chi connectivity index (χ3n) is 3.64. The Labute approximate surface area is 148 Å². The predicted octanol–water partition coefficient (Wildman–Crippen LogP) is 4.05. The third kappa shape index (κ3) is 3.97. The highest BCUT2D eigenvalue weighted by Gasteiger charge is 2.31. The summed E-state index contributed by atoms with van der Waals surface area (Å²) < 4.78 is 59.9. The fourth-order valence-electron chi connectivity index (χ4n) is 2.42. The van der Waals surface area contributed by atoms with Gasteiger partial charge in [0.15, 0.2) is 4.90 Å². The Morgan fingerprint density at radius 3 is 2.44 bits per heavy atom. The minimum atomic E-state index is -4.35. The monoisotopic (exact) mass is 383 g/mol. The van der Waals surface area contributed by atoms with E-state index in [1.54, 1.807) is 6.07 Å². The van der Waals surface area contributed by atoms with E-state index in [1.807, 2.05) is 17.5 Å². The van der Waals surface area contributed by atoms with Crippen LogP contribution in [-0.4, -0.2) is 19.3 Å². The maximum atomic E-state index is 14.0. The third-order valence-corrected chi connectivity index (χ3v) is 6.48. The Bertz CT molecular complexity index is 903. The largest absolute Gasteiger partial charge is 0.472 e. The van der Waals surface area contributed by atoms with Gasteiger partial charge in [0.1, 0.15) is 11.6 Å². The fourth-order valence-corrected chi connectivity index (χ4v) is 4.65. The van der Waals surface area contributed by atoms with E-state index in [4.69, 9.17) is 4.42 Å². The van der Waals surface area contributed by atoms with Crippen molar-refractivity contribution in [2.24, 2.45) is 0 Å². The number of thiophene rings is 1. The molecule has 2 heterocycles. The van der Waals surface area contributed by atoms with Gasteiger partial charge in [-0.05, 0) is 36.1 Å². The van der Waals surface area contributed by atoms with Gasteiger partial charge >= 0.3 is 0 Å². The van der Waals surface area contributed by atoms with Crippen molar-refractivity contribution in [3.05, 3.63) is 76.4 Å². The van der Waals surface area contributed by atoms with Gasteiger partial charge in [0.25, 0.3) is 0 Å². The number of hydrogen-bond donors (Lipinski definition) is 0. The van der Waals surface area contributed by atoms with Crippen LogP contribution in [0.5, 0.6) is 0 Å². The maximum absolute atomic E-state index is 14.0. The van der Waals surface area contributed by atoms with Crippen molar-refractivity contribution in [1.82, 2.24) is 4.31 Å². The average molecular weight is 383 g/mol. The van der Waals surface area contributed by atoms with Crippen LogP contribution in [0.25, 0.3) is 0 Å². The summed E-state index contributed by atoms with van der Waals surface area (Å²) in [5.74, 6) is -2.21. The summed E-state index contributed by atoms with van der Waals surface area (Å²) in [6.07, 6.45) is 3.28. The lowest BCUT2D eigenvalue weighted by molar-refractivity contribution is 0.399. The molecular weight excluding hydrogens is 368 g/mol. The molecule has 4 nitrogen and oxygen atoms in total. The van der Waals surface area contributed by atoms with E-state index in [-0.39, 0.29) is 13.1 Å². The molecule has 0 N–H and O–H groups in total. The lowest BCUT2D eigenvalue weighted by Crippen LogP contribution is -2.33. The Morgan fingerprint density at radius 1 is 1.08 bits per heavy atom. The van der Waals surface area contributed by atoms with Crippen molar-refractivity contribution < 1.29 is 21.6 Å². The molecule has 0 saturated carbocycles. The van der Waals surface area contributed by atoms with Crippen LogP contribution in [-0.2, 0) is 23.0 Å². The van der Waals surface area contributed by atoms with Crippen LogP contribution in [0.3, 0.4) is 0 Å². The van der Waals surface area contributed by atoms with Gasteiger partial charge in [0.2, 0.25) is 10.0 Å². The van der Waals surface area contributed by atoms with Crippen molar-refractivity contribution in [2.75, 3.05) is 6.54 Å². The molecule has 0 amide bonds. The van der Waals surface area contributed by atoms with E-state index in [0.29, 0.717) is 12.0 Å². The first-order valence-corrected chi connectivity index (χ1v) is 9.78. The average Bonchev–Trinajstić information content (AvgIpc) is 3.24. The molecule has 0 spiro atoms. The first kappa shape index (κ1) is 17.8. The van der Waals surface area contributed by atoms with Gasteiger partial charge < -0.3 is 4.42 Å². The minimum Gasteiger partial charge on any atom is -0.472 e. The molecule has 0 bridgehead atoms. The van der Waals surface area contributed by atoms with Crippen molar-refractivity contribution >= 4 is 21.4 Å². The second-order valence-electron chi connectivity index (χ2n) is 5.35. The molecule has 1 aromatic carbocycles. The maximum Gasteiger partial charge on any atom is 0.249 e. The molecule has 25 heavy (non-hydrogen) atoms. The highest BCUT2D eigenvalue weighted by Crippen LogP contribution is 2.25. The van der Waals surface area contributed by atoms with E-state index in [9.17, 15) is 17.2 Å². The van der Waals surface area contributed by atoms with Crippen molar-refractivity contribution in [3.8, 4) is 0 Å². The molecular formula is C17H15F2NO3S2. The molecule has 8 heteroatoms. The van der Waals surface area contributed by atoms with Gasteiger partial charge in [-0.3, -0.25) is 0 Å². The van der Waals surface area contributed by atoms with Crippen LogP contribution in [0.1, 0.15) is 10.4 Å². The molecule has 0 aliphatic rings. The van der Waals surface area contributed by atoms with E-state index < -0.39 is 26.6 Å². The topological polar surface area (TPSA) is 50.5 Å². The number of furan rings is 1. The van der Waals surface area contributed by atoms with E-state index in [1.165, 1.54) is 23.9 Å². The number of rotatable bonds is 7. The zero-order valence-corrected chi connectivity index (χ0v) is 14.7. The number of hydrogen-bond acceptors (Lipinski definition) is 4. The van der Waals surface area contributed by atoms with Gasteiger partial charge in [-0.2, -0.15) is 4.31 Å². The van der Waals surface area contributed by atoms with Crippen LogP contribution >= 0.6 is 11.3 Å². The number of nitrogens with zero attached hydrogens (tertiary/aromatic N) is 1. The highest BCUT2D eigenvalue weighted by molar-refractivity contribution is 7.89. The van der Waals surface area contributed by atoms with Gasteiger partial charge in [-0.15, -0.1) is 11.3 Å². The number of halogens is 2. The van der Waals surface area contributed by atoms with Gasteiger partial charge in [0, 0.05) is 23.5 Å². The first-order valence-electron chi connectivity index (χ1n) is 7.46. The van der Waals surface area contributed by atoms with Crippen molar-refractivity contribution in [3.63, 3.8) is 0 Å². The normalized spacial score (nSPS) is 12.0. The quantitative estimate of drug-likeness (QED) is 0.618. The molecule has 3 rings (SSSR count). The Balaban J connectivity index is 1.94. The summed E-state index contributed by atoms with van der Waals surface area (Å²) in [6, 6.07) is 8.38. The fraction of sp³-hybridized carbons (Fsp3) is 0.176. The molecule has 3 aromatic rings. The SMILES string of the molecule is O=S(=O)(c1c(F)cccc1F)N(CCc1cccs1)Cc1ccoc1. The summed E-state index contributed by atoms with van der Waals surface area (Å²) in [4.78, 5) is 0.0612. The number of benzene rings is 1. The van der Waals surface area contributed by atoms with Crippen LogP contribution in [0.15, 0.2) is 63.6 Å². The van der Waals surface area contributed by atoms with Gasteiger partial charge in [-0.1, -0.05) is 12.1 Å². The molecule has 0 aliphatic carbocycles. The lowest BCUT2D eigenvalue weighted by Gasteiger charge is -2.22. The lowest BCUT2D eigenvalue weighted by atomic mass is 10.3. The summed E-state index contributed by atoms with van der Waals surface area (Å²) >= 11 is 1.50. The zero-order valence-electron chi connectivity index (χ0n) is 13.1. The number of sulfonamides is 1. The van der Waals surface area contributed by atoms with Crippen LogP contribution < -0.4 is 0 Å². The first-order chi connectivity index (χ1) is 12.0. The van der Waals surface area contributed by atoms with Crippen LogP contribution in [0.4, 0.5) is 8.78 Å². The van der Waals surface area contributed by atoms with E-state index in [2.05, 4.69) is 0 Å². The van der Waals surface area contributed by atoms with Gasteiger partial charge in [0.05, 0.1) is 12.5 Å². The van der Waals surface area contributed by atoms with E-state index >= 15 is 0 Å². The summed E-state index contributed by atoms with van der Waals surface area (Å²) in [7, 11) is -4.35. The predicted molar refractivity (Wildman–Crippen MR) is 90.7 cm³/mol. The molecule has 0 unspecified atom stereocenters. The summed E-state index contributed by atoms with van der Waals surface area (Å²) in [5, 5.41) is 1.89. The zero-order chi connectivity index (χ0) is 17.9. The summed E-state index contributed by atoms with van der Waals surface area (Å²) in [6.45, 7) is 0.0692. The molecule has 0 atom stereocenters. The second kappa shape index (κ2) is 7.47. The molecule has 0 saturated heterocycles. The van der Waals surface area contributed by atoms with Crippen LogP contribution in [0.2, 0.25) is 0 Å². The Hall–Kier alpha value is -2.03. The molecule has 0 radical (unpaired) electrons. The van der Waals surface area contributed by atoms with E-state index in [0.717, 1.165) is 27.4 Å². The van der Waals surface area contributed by atoms with Crippen molar-refractivity contribution in [1.29, 1.82) is 0 Å². The Morgan fingerprint density at radius 2 is 1.84 bits per heavy atom. The van der Waals surface area contributed by atoms with Crippen LogP contribution in [0, 0.1) is 11.6 Å². The smallest absolute Gasteiger partial charge is 0.249 e. The molecule has 2 aromatic heterocycles. The van der Waals surface area contributed by atoms with Crippen molar-refractivity contribution in [2.45, 2.75) is 17.9 Å². The molecule has 132 valence electrons.